The van der Waals surface area contributed by atoms with Crippen molar-refractivity contribution in [3.63, 3.8) is 0 Å². The maximum Gasteiger partial charge on any atom is 0.253 e. The van der Waals surface area contributed by atoms with Gasteiger partial charge in [-0.1, -0.05) is 42.5 Å². The Morgan fingerprint density at radius 1 is 1.03 bits per heavy atom. The van der Waals surface area contributed by atoms with Gasteiger partial charge >= 0.3 is 0 Å². The highest BCUT2D eigenvalue weighted by atomic mass is 16.3. The summed E-state index contributed by atoms with van der Waals surface area (Å²) in [5.74, 6) is 0.895. The maximum atomic E-state index is 12.7. The molecule has 1 N–H and O–H groups in total. The monoisotopic (exact) mass is 415 g/mol. The fourth-order valence-electron chi connectivity index (χ4n) is 4.60. The molecule has 1 amide bonds. The smallest absolute Gasteiger partial charge is 0.253 e. The Hall–Kier alpha value is -3.05. The molecule has 160 valence electrons. The molecule has 5 heteroatoms. The average Bonchev–Trinajstić information content (AvgIpc) is 3.28. The minimum Gasteiger partial charge on any atom is -0.388 e. The summed E-state index contributed by atoms with van der Waals surface area (Å²) >= 11 is 0. The molecular formula is C26H29N3O2. The van der Waals surface area contributed by atoms with Gasteiger partial charge in [0.15, 0.2) is 0 Å². The Morgan fingerprint density at radius 2 is 1.81 bits per heavy atom. The van der Waals surface area contributed by atoms with Crippen LogP contribution in [0.2, 0.25) is 0 Å². The first-order valence-corrected chi connectivity index (χ1v) is 10.9. The van der Waals surface area contributed by atoms with Crippen LogP contribution in [0.5, 0.6) is 0 Å². The molecule has 31 heavy (non-hydrogen) atoms. The average molecular weight is 416 g/mol. The first kappa shape index (κ1) is 21.2. The summed E-state index contributed by atoms with van der Waals surface area (Å²) in [6.45, 7) is 0.503. The van der Waals surface area contributed by atoms with Crippen LogP contribution < -0.4 is 0 Å². The van der Waals surface area contributed by atoms with E-state index in [1.54, 1.807) is 24.3 Å². The number of hydrogen-bond donors (Lipinski definition) is 1. The number of nitrogens with zero attached hydrogens (tertiary/aromatic N) is 3. The predicted molar refractivity (Wildman–Crippen MR) is 120 cm³/mol. The maximum absolute atomic E-state index is 12.7. The van der Waals surface area contributed by atoms with Crippen LogP contribution in [0, 0.1) is 11.8 Å². The molecule has 0 unspecified atom stereocenters. The van der Waals surface area contributed by atoms with Crippen molar-refractivity contribution in [1.29, 1.82) is 0 Å². The van der Waals surface area contributed by atoms with Crippen LogP contribution >= 0.6 is 0 Å². The zero-order valence-corrected chi connectivity index (χ0v) is 17.9. The van der Waals surface area contributed by atoms with Crippen molar-refractivity contribution in [2.45, 2.75) is 38.3 Å². The molecule has 5 nitrogen and oxygen atoms in total. The number of aromatic nitrogens is 2. The highest BCUT2D eigenvalue weighted by Gasteiger charge is 2.30. The molecule has 4 rings (SSSR count). The van der Waals surface area contributed by atoms with Crippen molar-refractivity contribution < 1.29 is 9.90 Å². The third-order valence-electron chi connectivity index (χ3n) is 6.31. The number of carbonyl (C=O) groups excluding carboxylic acids is 1. The minimum absolute atomic E-state index is 0.00437. The molecule has 0 spiro atoms. The molecule has 0 radical (unpaired) electrons. The standard InChI is InChI=1S/C26H29N3O2/c1-29(18-21-13-14-27-28-17-21)26(31)23-10-7-19(8-11-23)15-20-9-12-24(16-20)25(30)22-5-3-2-4-6-22/h2-8,10-11,13-14,17,20,24-25,30H,9,12,15-16,18H2,1H3/t20-,24-,25+/m0/s1. The summed E-state index contributed by atoms with van der Waals surface area (Å²) in [6, 6.07) is 19.8. The van der Waals surface area contributed by atoms with Crippen molar-refractivity contribution in [2.24, 2.45) is 11.8 Å². The van der Waals surface area contributed by atoms with Gasteiger partial charge in [-0.15, -0.1) is 0 Å². The predicted octanol–water partition coefficient (Wildman–Crippen LogP) is 4.44. The van der Waals surface area contributed by atoms with Crippen molar-refractivity contribution in [3.05, 3.63) is 95.3 Å². The third kappa shape index (κ3) is 5.36. The van der Waals surface area contributed by atoms with Crippen LogP contribution in [-0.2, 0) is 13.0 Å². The number of hydrogen-bond acceptors (Lipinski definition) is 4. The number of rotatable bonds is 7. The lowest BCUT2D eigenvalue weighted by molar-refractivity contribution is 0.0785. The van der Waals surface area contributed by atoms with Gasteiger partial charge in [-0.3, -0.25) is 4.79 Å². The van der Waals surface area contributed by atoms with E-state index in [0.29, 0.717) is 23.9 Å². The van der Waals surface area contributed by atoms with E-state index in [-0.39, 0.29) is 12.0 Å². The van der Waals surface area contributed by atoms with Gasteiger partial charge in [0.05, 0.1) is 12.3 Å². The second-order valence-corrected chi connectivity index (χ2v) is 8.61. The van der Waals surface area contributed by atoms with Gasteiger partial charge in [0.1, 0.15) is 0 Å². The lowest BCUT2D eigenvalue weighted by Gasteiger charge is -2.19. The second-order valence-electron chi connectivity index (χ2n) is 8.61. The van der Waals surface area contributed by atoms with Gasteiger partial charge in [0.25, 0.3) is 5.91 Å². The van der Waals surface area contributed by atoms with Gasteiger partial charge in [0, 0.05) is 25.4 Å². The van der Waals surface area contributed by atoms with Crippen LogP contribution in [0.15, 0.2) is 73.1 Å². The second kappa shape index (κ2) is 9.84. The van der Waals surface area contributed by atoms with E-state index in [1.807, 2.05) is 48.5 Å². The molecule has 2 aromatic carbocycles. The SMILES string of the molecule is CN(Cc1ccnnc1)C(=O)c1ccc(C[C@@H]2CC[C@H]([C@H](O)c3ccccc3)C2)cc1. The number of aliphatic hydroxyl groups is 1. The van der Waals surface area contributed by atoms with Crippen LogP contribution in [-0.4, -0.2) is 33.2 Å². The van der Waals surface area contributed by atoms with E-state index in [2.05, 4.69) is 22.3 Å². The van der Waals surface area contributed by atoms with Crippen molar-refractivity contribution in [3.8, 4) is 0 Å². The molecule has 3 atom stereocenters. The first-order chi connectivity index (χ1) is 15.1. The lowest BCUT2D eigenvalue weighted by atomic mass is 9.91. The van der Waals surface area contributed by atoms with E-state index in [4.69, 9.17) is 0 Å². The van der Waals surface area contributed by atoms with E-state index >= 15 is 0 Å². The molecular weight excluding hydrogens is 386 g/mol. The van der Waals surface area contributed by atoms with Crippen LogP contribution in [0.1, 0.15) is 52.4 Å². The van der Waals surface area contributed by atoms with Gasteiger partial charge in [-0.2, -0.15) is 10.2 Å². The summed E-state index contributed by atoms with van der Waals surface area (Å²) in [6.07, 6.45) is 7.16. The van der Waals surface area contributed by atoms with Crippen molar-refractivity contribution in [2.75, 3.05) is 7.05 Å². The molecule has 1 aliphatic carbocycles. The van der Waals surface area contributed by atoms with Crippen LogP contribution in [0.4, 0.5) is 0 Å². The molecule has 1 saturated carbocycles. The lowest BCUT2D eigenvalue weighted by Crippen LogP contribution is -2.26. The number of aliphatic hydroxyl groups excluding tert-OH is 1. The number of amides is 1. The normalized spacial score (nSPS) is 19.2. The number of carbonyl (C=O) groups is 1. The largest absolute Gasteiger partial charge is 0.388 e. The molecule has 0 saturated heterocycles. The Morgan fingerprint density at radius 3 is 2.52 bits per heavy atom. The van der Waals surface area contributed by atoms with Crippen LogP contribution in [0.25, 0.3) is 0 Å². The van der Waals surface area contributed by atoms with Gasteiger partial charge in [0.2, 0.25) is 0 Å². The quantitative estimate of drug-likeness (QED) is 0.619. The van der Waals surface area contributed by atoms with Crippen molar-refractivity contribution >= 4 is 5.91 Å². The van der Waals surface area contributed by atoms with Crippen LogP contribution in [0.3, 0.4) is 0 Å². The molecule has 3 aromatic rings. The molecule has 1 heterocycles. The van der Waals surface area contributed by atoms with Crippen molar-refractivity contribution in [1.82, 2.24) is 15.1 Å². The molecule has 1 fully saturated rings. The minimum atomic E-state index is -0.377. The Labute approximate surface area is 183 Å². The molecule has 1 aliphatic rings. The third-order valence-corrected chi connectivity index (χ3v) is 6.31. The van der Waals surface area contributed by atoms with E-state index < -0.39 is 0 Å². The highest BCUT2D eigenvalue weighted by molar-refractivity contribution is 5.94. The Kier molecular flexibility index (Phi) is 6.73. The zero-order chi connectivity index (χ0) is 21.6. The number of benzene rings is 2. The van der Waals surface area contributed by atoms with E-state index in [1.165, 1.54) is 5.56 Å². The fraction of sp³-hybridized carbons (Fsp3) is 0.346. The Bertz CT molecular complexity index is 977. The van der Waals surface area contributed by atoms with Gasteiger partial charge < -0.3 is 10.0 Å². The topological polar surface area (TPSA) is 66.3 Å². The molecule has 0 bridgehead atoms. The Balaban J connectivity index is 1.31. The first-order valence-electron chi connectivity index (χ1n) is 10.9. The summed E-state index contributed by atoms with van der Waals surface area (Å²) in [7, 11) is 1.80. The zero-order valence-electron chi connectivity index (χ0n) is 17.9. The van der Waals surface area contributed by atoms with E-state index in [9.17, 15) is 9.90 Å². The van der Waals surface area contributed by atoms with Gasteiger partial charge in [-0.05, 0) is 72.4 Å². The molecule has 1 aromatic heterocycles. The summed E-state index contributed by atoms with van der Waals surface area (Å²) in [4.78, 5) is 14.4. The summed E-state index contributed by atoms with van der Waals surface area (Å²) in [5.41, 5.74) is 3.91. The molecule has 0 aliphatic heterocycles. The van der Waals surface area contributed by atoms with E-state index in [0.717, 1.165) is 36.8 Å². The summed E-state index contributed by atoms with van der Waals surface area (Å²) in [5, 5.41) is 18.3. The van der Waals surface area contributed by atoms with Gasteiger partial charge in [-0.25, -0.2) is 0 Å². The fourth-order valence-corrected chi connectivity index (χ4v) is 4.60. The summed E-state index contributed by atoms with van der Waals surface area (Å²) < 4.78 is 0. The highest BCUT2D eigenvalue weighted by Crippen LogP contribution is 2.40.